The summed E-state index contributed by atoms with van der Waals surface area (Å²) in [6.07, 6.45) is 1.80. The first-order valence-corrected chi connectivity index (χ1v) is 11.0. The number of imide groups is 1. The van der Waals surface area contributed by atoms with E-state index in [9.17, 15) is 19.2 Å². The molecule has 0 aliphatic carbocycles. The molecule has 1 aromatic rings. The second-order valence-corrected chi connectivity index (χ2v) is 9.53. The number of ether oxygens (including phenoxy) is 1. The number of piperidine rings is 1. The maximum Gasteiger partial charge on any atom is 0.410 e. The van der Waals surface area contributed by atoms with E-state index in [1.165, 1.54) is 6.07 Å². The van der Waals surface area contributed by atoms with E-state index in [1.54, 1.807) is 11.1 Å². The number of anilines is 1. The van der Waals surface area contributed by atoms with Crippen LogP contribution in [0, 0.1) is 0 Å². The van der Waals surface area contributed by atoms with Crippen LogP contribution < -0.4 is 15.8 Å². The van der Waals surface area contributed by atoms with Gasteiger partial charge in [-0.25, -0.2) is 9.48 Å². The Morgan fingerprint density at radius 1 is 1.12 bits per heavy atom. The Balaban J connectivity index is 1.28. The van der Waals surface area contributed by atoms with Crippen LogP contribution in [0.3, 0.4) is 0 Å². The SMILES string of the molecule is CC(C)(C)OC(=O)N1CCN(C2CN(c3cnn(C4CCC(=O)NC4=O)c(=O)c3)C2)CC1. The van der Waals surface area contributed by atoms with E-state index in [0.29, 0.717) is 19.1 Å². The highest BCUT2D eigenvalue weighted by Gasteiger charge is 2.36. The summed E-state index contributed by atoms with van der Waals surface area (Å²) in [6.45, 7) is 9.97. The summed E-state index contributed by atoms with van der Waals surface area (Å²) >= 11 is 0. The standard InChI is InChI=1S/C21H30N6O5/c1-21(2,3)32-20(31)25-8-6-24(7-9-25)15-12-26(13-15)14-10-18(29)27(22-11-14)16-4-5-17(28)23-19(16)30/h10-11,15-16H,4-9,12-13H2,1-3H3,(H,23,28,30). The van der Waals surface area contributed by atoms with Gasteiger partial charge in [-0.1, -0.05) is 0 Å². The van der Waals surface area contributed by atoms with Crippen molar-refractivity contribution in [3.8, 4) is 0 Å². The lowest BCUT2D eigenvalue weighted by molar-refractivity contribution is -0.136. The van der Waals surface area contributed by atoms with E-state index in [4.69, 9.17) is 4.74 Å². The zero-order chi connectivity index (χ0) is 23.0. The minimum atomic E-state index is -0.750. The average Bonchev–Trinajstić information content (AvgIpc) is 2.67. The predicted molar refractivity (Wildman–Crippen MR) is 115 cm³/mol. The first kappa shape index (κ1) is 22.3. The number of aromatic nitrogens is 2. The van der Waals surface area contributed by atoms with E-state index in [0.717, 1.165) is 36.5 Å². The quantitative estimate of drug-likeness (QED) is 0.643. The number of nitrogens with one attached hydrogen (secondary N) is 1. The summed E-state index contributed by atoms with van der Waals surface area (Å²) in [5.41, 5.74) is -0.128. The van der Waals surface area contributed by atoms with E-state index in [-0.39, 0.29) is 30.4 Å². The third-order valence-corrected chi connectivity index (χ3v) is 6.03. The van der Waals surface area contributed by atoms with Crippen molar-refractivity contribution in [1.82, 2.24) is 24.9 Å². The first-order chi connectivity index (χ1) is 15.1. The van der Waals surface area contributed by atoms with Crippen molar-refractivity contribution in [3.05, 3.63) is 22.6 Å². The number of piperazine rings is 1. The smallest absolute Gasteiger partial charge is 0.410 e. The Labute approximate surface area is 186 Å². The number of nitrogens with zero attached hydrogens (tertiary/aromatic N) is 5. The zero-order valence-electron chi connectivity index (χ0n) is 18.7. The molecule has 1 unspecified atom stereocenters. The first-order valence-electron chi connectivity index (χ1n) is 11.0. The Hall–Kier alpha value is -2.95. The molecule has 0 radical (unpaired) electrons. The summed E-state index contributed by atoms with van der Waals surface area (Å²) in [6, 6.07) is 1.10. The van der Waals surface area contributed by atoms with Crippen LogP contribution in [0.5, 0.6) is 0 Å². The van der Waals surface area contributed by atoms with Gasteiger partial charge in [0.2, 0.25) is 5.91 Å². The highest BCUT2D eigenvalue weighted by Crippen LogP contribution is 2.24. The number of hydrogen-bond acceptors (Lipinski definition) is 8. The van der Waals surface area contributed by atoms with Crippen LogP contribution in [0.2, 0.25) is 0 Å². The molecule has 4 heterocycles. The van der Waals surface area contributed by atoms with Crippen molar-refractivity contribution in [1.29, 1.82) is 0 Å². The van der Waals surface area contributed by atoms with Gasteiger partial charge in [-0.2, -0.15) is 5.10 Å². The highest BCUT2D eigenvalue weighted by atomic mass is 16.6. The molecule has 0 aromatic carbocycles. The van der Waals surface area contributed by atoms with E-state index in [1.807, 2.05) is 20.8 Å². The Morgan fingerprint density at radius 2 is 1.81 bits per heavy atom. The number of amides is 3. The maximum atomic E-state index is 12.5. The van der Waals surface area contributed by atoms with Crippen LogP contribution in [0.4, 0.5) is 10.5 Å². The highest BCUT2D eigenvalue weighted by molar-refractivity contribution is 5.99. The van der Waals surface area contributed by atoms with Crippen molar-refractivity contribution in [2.24, 2.45) is 0 Å². The Bertz CT molecular complexity index is 956. The third-order valence-electron chi connectivity index (χ3n) is 6.03. The summed E-state index contributed by atoms with van der Waals surface area (Å²) < 4.78 is 6.60. The normalized spacial score (nSPS) is 23.0. The summed E-state index contributed by atoms with van der Waals surface area (Å²) in [7, 11) is 0. The van der Waals surface area contributed by atoms with Crippen molar-refractivity contribution in [2.75, 3.05) is 44.2 Å². The van der Waals surface area contributed by atoms with Crippen LogP contribution in [0.15, 0.2) is 17.1 Å². The predicted octanol–water partition coefficient (Wildman–Crippen LogP) is -0.0377. The van der Waals surface area contributed by atoms with Crippen molar-refractivity contribution < 1.29 is 19.1 Å². The molecule has 1 N–H and O–H groups in total. The van der Waals surface area contributed by atoms with E-state index in [2.05, 4.69) is 20.2 Å². The van der Waals surface area contributed by atoms with Gasteiger partial charge in [0.15, 0.2) is 0 Å². The molecular weight excluding hydrogens is 416 g/mol. The third kappa shape index (κ3) is 4.77. The van der Waals surface area contributed by atoms with Crippen LogP contribution >= 0.6 is 0 Å². The lowest BCUT2D eigenvalue weighted by Crippen LogP contribution is -2.63. The molecule has 4 rings (SSSR count). The van der Waals surface area contributed by atoms with Gasteiger partial charge in [-0.05, 0) is 27.2 Å². The lowest BCUT2D eigenvalue weighted by Gasteiger charge is -2.48. The monoisotopic (exact) mass is 446 g/mol. The molecule has 174 valence electrons. The maximum absolute atomic E-state index is 12.5. The number of carbonyl (C=O) groups is 3. The molecular formula is C21H30N6O5. The molecule has 0 saturated carbocycles. The molecule has 1 atom stereocenters. The molecule has 0 spiro atoms. The number of hydrogen-bond donors (Lipinski definition) is 1. The second-order valence-electron chi connectivity index (χ2n) is 9.53. The molecule has 3 aliphatic heterocycles. The second kappa shape index (κ2) is 8.53. The van der Waals surface area contributed by atoms with Crippen molar-refractivity contribution in [3.63, 3.8) is 0 Å². The topological polar surface area (TPSA) is 117 Å². The van der Waals surface area contributed by atoms with E-state index < -0.39 is 17.6 Å². The number of rotatable bonds is 3. The minimum Gasteiger partial charge on any atom is -0.444 e. The van der Waals surface area contributed by atoms with Gasteiger partial charge in [0.05, 0.1) is 11.9 Å². The van der Waals surface area contributed by atoms with Crippen LogP contribution in [-0.4, -0.2) is 88.4 Å². The molecule has 3 aliphatic rings. The van der Waals surface area contributed by atoms with Gasteiger partial charge in [0.1, 0.15) is 11.6 Å². The van der Waals surface area contributed by atoms with Gasteiger partial charge < -0.3 is 14.5 Å². The molecule has 32 heavy (non-hydrogen) atoms. The Morgan fingerprint density at radius 3 is 2.41 bits per heavy atom. The van der Waals surface area contributed by atoms with Crippen LogP contribution in [-0.2, 0) is 14.3 Å². The molecule has 3 saturated heterocycles. The number of carbonyl (C=O) groups excluding carboxylic acids is 3. The summed E-state index contributed by atoms with van der Waals surface area (Å²) in [4.78, 5) is 54.3. The van der Waals surface area contributed by atoms with Gasteiger partial charge in [-0.3, -0.25) is 24.6 Å². The summed E-state index contributed by atoms with van der Waals surface area (Å²) in [5.74, 6) is -0.812. The van der Waals surface area contributed by atoms with Gasteiger partial charge in [0, 0.05) is 57.8 Å². The summed E-state index contributed by atoms with van der Waals surface area (Å²) in [5, 5.41) is 6.45. The molecule has 3 fully saturated rings. The molecule has 11 nitrogen and oxygen atoms in total. The molecule has 11 heteroatoms. The van der Waals surface area contributed by atoms with Crippen LogP contribution in [0.1, 0.15) is 39.7 Å². The minimum absolute atomic E-state index is 0.196. The fraction of sp³-hybridized carbons (Fsp3) is 0.667. The fourth-order valence-electron chi connectivity index (χ4n) is 4.22. The van der Waals surface area contributed by atoms with Gasteiger partial charge >= 0.3 is 6.09 Å². The lowest BCUT2D eigenvalue weighted by atomic mass is 10.0. The molecule has 1 aromatic heterocycles. The van der Waals surface area contributed by atoms with Crippen molar-refractivity contribution >= 4 is 23.6 Å². The zero-order valence-corrected chi connectivity index (χ0v) is 18.7. The largest absolute Gasteiger partial charge is 0.444 e. The van der Waals surface area contributed by atoms with Gasteiger partial charge in [0.25, 0.3) is 11.5 Å². The molecule has 3 amide bonds. The fourth-order valence-corrected chi connectivity index (χ4v) is 4.22. The van der Waals surface area contributed by atoms with Crippen molar-refractivity contribution in [2.45, 2.75) is 51.3 Å². The average molecular weight is 447 g/mol. The van der Waals surface area contributed by atoms with E-state index >= 15 is 0 Å². The van der Waals surface area contributed by atoms with Crippen LogP contribution in [0.25, 0.3) is 0 Å². The molecule has 0 bridgehead atoms. The van der Waals surface area contributed by atoms with Gasteiger partial charge in [-0.15, -0.1) is 0 Å². The Kier molecular flexibility index (Phi) is 5.93.